The Bertz CT molecular complexity index is 1580. The van der Waals surface area contributed by atoms with Crippen molar-refractivity contribution in [3.63, 3.8) is 0 Å². The van der Waals surface area contributed by atoms with Crippen LogP contribution >= 0.6 is 11.6 Å². The lowest BCUT2D eigenvalue weighted by Gasteiger charge is -2.29. The number of alkyl halides is 1. The number of piperidine rings is 1. The zero-order chi connectivity index (χ0) is 28.9. The Balaban J connectivity index is 1.09. The number of allylic oxidation sites excluding steroid dienone is 1. The van der Waals surface area contributed by atoms with Crippen LogP contribution in [0.4, 0.5) is 10.2 Å². The standard InChI is InChI=1S/C33H35ClFN5O2/c34-30-19-27(6-8-32(30)42-21-23-3-1-4-26(35)17-23)38-33-29-18-24(5-7-31(29)36-22-37-33)25-9-14-40(20-25)13-2-12-39-15-10-28(41)11-16-39/h1,3-9,14,17-20,22,28,30,32,41H,2,10-13,15-16,21H2,(H,36,37,38). The molecule has 1 saturated heterocycles. The number of nitrogens with zero attached hydrogens (tertiary/aromatic N) is 4. The monoisotopic (exact) mass is 587 g/mol. The molecule has 218 valence electrons. The molecule has 0 bridgehead atoms. The van der Waals surface area contributed by atoms with E-state index in [2.05, 4.69) is 55.3 Å². The van der Waals surface area contributed by atoms with Crippen LogP contribution in [0.1, 0.15) is 24.8 Å². The molecular formula is C33H35ClFN5O2. The topological polar surface area (TPSA) is 75.4 Å². The molecule has 0 amide bonds. The number of nitrogens with one attached hydrogen (secondary N) is 1. The molecule has 4 aromatic rings. The third-order valence-corrected chi connectivity index (χ3v) is 8.25. The van der Waals surface area contributed by atoms with Crippen LogP contribution in [0.2, 0.25) is 0 Å². The maximum Gasteiger partial charge on any atom is 0.141 e. The van der Waals surface area contributed by atoms with Crippen LogP contribution in [-0.4, -0.2) is 61.8 Å². The highest BCUT2D eigenvalue weighted by molar-refractivity contribution is 6.22. The Morgan fingerprint density at radius 1 is 1.05 bits per heavy atom. The average Bonchev–Trinajstić information content (AvgIpc) is 3.47. The van der Waals surface area contributed by atoms with Gasteiger partial charge in [-0.15, -0.1) is 11.6 Å². The number of hydrogen-bond donors (Lipinski definition) is 2. The van der Waals surface area contributed by atoms with E-state index in [-0.39, 0.29) is 24.6 Å². The smallest absolute Gasteiger partial charge is 0.141 e. The van der Waals surface area contributed by atoms with Crippen molar-refractivity contribution in [2.45, 2.75) is 50.0 Å². The number of aliphatic hydroxyl groups is 1. The summed E-state index contributed by atoms with van der Waals surface area (Å²) in [5.74, 6) is 0.416. The van der Waals surface area contributed by atoms with Crippen molar-refractivity contribution in [1.82, 2.24) is 19.4 Å². The van der Waals surface area contributed by atoms with E-state index in [9.17, 15) is 9.50 Å². The number of fused-ring (bicyclic) bond motifs is 1. The average molecular weight is 588 g/mol. The molecule has 2 aliphatic rings. The van der Waals surface area contributed by atoms with Crippen LogP contribution < -0.4 is 5.32 Å². The fourth-order valence-corrected chi connectivity index (χ4v) is 5.81. The highest BCUT2D eigenvalue weighted by Crippen LogP contribution is 2.29. The molecule has 6 rings (SSSR count). The van der Waals surface area contributed by atoms with Gasteiger partial charge in [-0.05, 0) is 85.0 Å². The van der Waals surface area contributed by atoms with E-state index in [1.165, 1.54) is 12.1 Å². The van der Waals surface area contributed by atoms with Gasteiger partial charge in [-0.25, -0.2) is 14.4 Å². The van der Waals surface area contributed by atoms with E-state index < -0.39 is 5.38 Å². The third-order valence-electron chi connectivity index (χ3n) is 7.88. The molecule has 42 heavy (non-hydrogen) atoms. The molecule has 0 saturated carbocycles. The van der Waals surface area contributed by atoms with Gasteiger partial charge in [0.1, 0.15) is 18.0 Å². The molecule has 1 aliphatic heterocycles. The summed E-state index contributed by atoms with van der Waals surface area (Å²) in [5, 5.41) is 13.7. The van der Waals surface area contributed by atoms with Crippen molar-refractivity contribution in [2.24, 2.45) is 0 Å². The molecule has 3 heterocycles. The summed E-state index contributed by atoms with van der Waals surface area (Å²) in [4.78, 5) is 11.4. The van der Waals surface area contributed by atoms with Crippen molar-refractivity contribution in [3.8, 4) is 11.1 Å². The number of aromatic nitrogens is 3. The van der Waals surface area contributed by atoms with E-state index in [0.29, 0.717) is 5.82 Å². The lowest BCUT2D eigenvalue weighted by Crippen LogP contribution is -2.36. The van der Waals surface area contributed by atoms with Crippen molar-refractivity contribution in [1.29, 1.82) is 0 Å². The normalized spacial score (nSPS) is 19.7. The van der Waals surface area contributed by atoms with E-state index >= 15 is 0 Å². The van der Waals surface area contributed by atoms with Crippen LogP contribution in [0, 0.1) is 5.82 Å². The minimum Gasteiger partial charge on any atom is -0.393 e. The van der Waals surface area contributed by atoms with Crippen molar-refractivity contribution < 1.29 is 14.2 Å². The van der Waals surface area contributed by atoms with E-state index in [0.717, 1.165) is 78.7 Å². The number of hydrogen-bond acceptors (Lipinski definition) is 6. The minimum atomic E-state index is -0.393. The number of anilines is 1. The number of aliphatic hydroxyl groups excluding tert-OH is 1. The molecule has 9 heteroatoms. The Labute approximate surface area is 250 Å². The maximum atomic E-state index is 13.5. The number of benzene rings is 2. The van der Waals surface area contributed by atoms with E-state index in [1.54, 1.807) is 12.4 Å². The van der Waals surface area contributed by atoms with Gasteiger partial charge in [0.15, 0.2) is 0 Å². The Morgan fingerprint density at radius 2 is 1.93 bits per heavy atom. The Hall–Kier alpha value is -3.56. The van der Waals surface area contributed by atoms with Gasteiger partial charge in [-0.1, -0.05) is 24.3 Å². The summed E-state index contributed by atoms with van der Waals surface area (Å²) < 4.78 is 21.7. The number of aryl methyl sites for hydroxylation is 1. The third kappa shape index (κ3) is 7.07. The van der Waals surface area contributed by atoms with Crippen LogP contribution in [0.25, 0.3) is 22.0 Å². The summed E-state index contributed by atoms with van der Waals surface area (Å²) >= 11 is 6.64. The van der Waals surface area contributed by atoms with Gasteiger partial charge < -0.3 is 24.6 Å². The SMILES string of the molecule is OC1CCN(CCCn2ccc(-c3ccc4ncnc(NC5=CC(Cl)C(OCc6cccc(F)c6)C=C5)c4c3)c2)CC1. The lowest BCUT2D eigenvalue weighted by atomic mass is 10.1. The fourth-order valence-electron chi connectivity index (χ4n) is 5.52. The second-order valence-corrected chi connectivity index (χ2v) is 11.5. The predicted octanol–water partition coefficient (Wildman–Crippen LogP) is 6.14. The van der Waals surface area contributed by atoms with Crippen LogP contribution in [-0.2, 0) is 17.9 Å². The van der Waals surface area contributed by atoms with E-state index in [1.807, 2.05) is 30.4 Å². The van der Waals surface area contributed by atoms with Gasteiger partial charge in [0.05, 0.1) is 29.7 Å². The summed E-state index contributed by atoms with van der Waals surface area (Å²) in [6, 6.07) is 14.7. The molecule has 1 fully saturated rings. The summed E-state index contributed by atoms with van der Waals surface area (Å²) in [5.41, 5.74) is 4.67. The van der Waals surface area contributed by atoms with Crippen LogP contribution in [0.15, 0.2) is 91.2 Å². The largest absolute Gasteiger partial charge is 0.393 e. The van der Waals surface area contributed by atoms with Crippen LogP contribution in [0.3, 0.4) is 0 Å². The van der Waals surface area contributed by atoms with Crippen molar-refractivity contribution in [3.05, 3.63) is 103 Å². The van der Waals surface area contributed by atoms with Gasteiger partial charge in [-0.2, -0.15) is 0 Å². The number of halogens is 2. The first-order valence-electron chi connectivity index (χ1n) is 14.5. The first-order chi connectivity index (χ1) is 20.5. The molecule has 2 N–H and O–H groups in total. The number of ether oxygens (including phenoxy) is 1. The first kappa shape index (κ1) is 28.6. The molecule has 2 aromatic carbocycles. The van der Waals surface area contributed by atoms with Crippen molar-refractivity contribution in [2.75, 3.05) is 25.0 Å². The van der Waals surface area contributed by atoms with Gasteiger partial charge in [0.25, 0.3) is 0 Å². The molecule has 2 unspecified atom stereocenters. The number of likely N-dealkylation sites (tertiary alicyclic amines) is 1. The van der Waals surface area contributed by atoms with E-state index in [4.69, 9.17) is 16.3 Å². The molecule has 7 nitrogen and oxygen atoms in total. The molecule has 2 atom stereocenters. The van der Waals surface area contributed by atoms with Gasteiger partial charge in [0, 0.05) is 43.1 Å². The summed E-state index contributed by atoms with van der Waals surface area (Å²) in [6.07, 6.45) is 14.0. The summed E-state index contributed by atoms with van der Waals surface area (Å²) in [7, 11) is 0. The van der Waals surface area contributed by atoms with Gasteiger partial charge in [0.2, 0.25) is 0 Å². The molecule has 0 radical (unpaired) electrons. The number of rotatable bonds is 10. The maximum absolute atomic E-state index is 13.5. The second-order valence-electron chi connectivity index (χ2n) is 11.0. The molecular weight excluding hydrogens is 553 g/mol. The first-order valence-corrected chi connectivity index (χ1v) is 14.9. The minimum absolute atomic E-state index is 0.129. The molecule has 1 aliphatic carbocycles. The van der Waals surface area contributed by atoms with Crippen molar-refractivity contribution >= 4 is 28.3 Å². The predicted molar refractivity (Wildman–Crippen MR) is 165 cm³/mol. The summed E-state index contributed by atoms with van der Waals surface area (Å²) in [6.45, 7) is 4.25. The lowest BCUT2D eigenvalue weighted by molar-refractivity contribution is 0.0750. The Kier molecular flexibility index (Phi) is 8.95. The molecule has 0 spiro atoms. The van der Waals surface area contributed by atoms with Crippen LogP contribution in [0.5, 0.6) is 0 Å². The zero-order valence-corrected chi connectivity index (χ0v) is 24.1. The highest BCUT2D eigenvalue weighted by Gasteiger charge is 2.21. The zero-order valence-electron chi connectivity index (χ0n) is 23.4. The fraction of sp³-hybridized carbons (Fsp3) is 0.333. The molecule has 2 aromatic heterocycles. The van der Waals surface area contributed by atoms with Gasteiger partial charge >= 0.3 is 0 Å². The quantitative estimate of drug-likeness (QED) is 0.217. The van der Waals surface area contributed by atoms with Gasteiger partial charge in [-0.3, -0.25) is 0 Å². The highest BCUT2D eigenvalue weighted by atomic mass is 35.5. The Morgan fingerprint density at radius 3 is 2.76 bits per heavy atom. The second kappa shape index (κ2) is 13.2.